The number of piperidine rings is 1. The first-order chi connectivity index (χ1) is 13.9. The Morgan fingerprint density at radius 3 is 2.62 bits per heavy atom. The van der Waals surface area contributed by atoms with Gasteiger partial charge in [-0.05, 0) is 38.3 Å². The highest BCUT2D eigenvalue weighted by Crippen LogP contribution is 2.44. The van der Waals surface area contributed by atoms with E-state index in [2.05, 4.69) is 12.2 Å². The molecule has 1 aliphatic heterocycles. The van der Waals surface area contributed by atoms with E-state index < -0.39 is 17.2 Å². The van der Waals surface area contributed by atoms with Crippen LogP contribution in [-0.2, 0) is 0 Å². The van der Waals surface area contributed by atoms with Crippen molar-refractivity contribution in [2.75, 3.05) is 32.1 Å². The molecule has 8 heteroatoms. The Labute approximate surface area is 168 Å². The van der Waals surface area contributed by atoms with Crippen molar-refractivity contribution in [2.45, 2.75) is 38.3 Å². The number of carboxylic acids is 1. The van der Waals surface area contributed by atoms with E-state index in [0.717, 1.165) is 19.3 Å². The summed E-state index contributed by atoms with van der Waals surface area (Å²) in [6, 6.07) is 1.64. The van der Waals surface area contributed by atoms with Gasteiger partial charge in [-0.1, -0.05) is 6.92 Å². The molecule has 2 heterocycles. The Balaban J connectivity index is 1.95. The third-order valence-electron chi connectivity index (χ3n) is 6.17. The largest absolute Gasteiger partial charge is 0.492 e. The molecule has 1 aromatic heterocycles. The average molecular weight is 403 g/mol. The van der Waals surface area contributed by atoms with Gasteiger partial charge < -0.3 is 24.6 Å². The molecular weight excluding hydrogens is 377 g/mol. The fourth-order valence-electron chi connectivity index (χ4n) is 4.50. The lowest BCUT2D eigenvalue weighted by Crippen LogP contribution is -2.47. The van der Waals surface area contributed by atoms with Gasteiger partial charge in [0.25, 0.3) is 0 Å². The predicted octanol–water partition coefficient (Wildman–Crippen LogP) is 2.62. The van der Waals surface area contributed by atoms with E-state index in [9.17, 15) is 14.7 Å². The third kappa shape index (κ3) is 3.25. The van der Waals surface area contributed by atoms with Gasteiger partial charge in [0, 0.05) is 31.4 Å². The zero-order valence-corrected chi connectivity index (χ0v) is 16.9. The van der Waals surface area contributed by atoms with Crippen molar-refractivity contribution in [3.63, 3.8) is 0 Å². The number of carbonyl (C=O) groups is 1. The van der Waals surface area contributed by atoms with Gasteiger partial charge in [-0.2, -0.15) is 0 Å². The Hall–Kier alpha value is -2.61. The molecule has 2 aromatic rings. The molecule has 7 nitrogen and oxygen atoms in total. The minimum Gasteiger partial charge on any atom is -0.492 e. The molecule has 2 aliphatic rings. The molecule has 0 amide bonds. The van der Waals surface area contributed by atoms with E-state index in [1.54, 1.807) is 4.57 Å². The van der Waals surface area contributed by atoms with E-state index >= 15 is 4.39 Å². The summed E-state index contributed by atoms with van der Waals surface area (Å²) in [6.07, 6.45) is 4.02. The molecule has 1 aromatic carbocycles. The van der Waals surface area contributed by atoms with Crippen molar-refractivity contribution >= 4 is 22.6 Å². The van der Waals surface area contributed by atoms with Gasteiger partial charge >= 0.3 is 5.97 Å². The van der Waals surface area contributed by atoms with Crippen LogP contribution in [0.3, 0.4) is 0 Å². The van der Waals surface area contributed by atoms with E-state index in [1.165, 1.54) is 19.4 Å². The molecule has 2 unspecified atom stereocenters. The highest BCUT2D eigenvalue weighted by Gasteiger charge is 2.33. The maximum atomic E-state index is 15.3. The second-order valence-corrected chi connectivity index (χ2v) is 8.06. The van der Waals surface area contributed by atoms with Crippen LogP contribution in [0.4, 0.5) is 10.1 Å². The summed E-state index contributed by atoms with van der Waals surface area (Å²) >= 11 is 0. The summed E-state index contributed by atoms with van der Waals surface area (Å²) in [4.78, 5) is 26.3. The Morgan fingerprint density at radius 2 is 2.07 bits per heavy atom. The summed E-state index contributed by atoms with van der Waals surface area (Å²) < 4.78 is 22.7. The minimum absolute atomic E-state index is 0.0491. The second kappa shape index (κ2) is 7.33. The average Bonchev–Trinajstić information content (AvgIpc) is 3.52. The van der Waals surface area contributed by atoms with Crippen molar-refractivity contribution < 1.29 is 19.0 Å². The van der Waals surface area contributed by atoms with E-state index in [0.29, 0.717) is 42.0 Å². The number of hydrogen-bond donors (Lipinski definition) is 2. The van der Waals surface area contributed by atoms with Crippen LogP contribution in [0.1, 0.15) is 42.6 Å². The lowest BCUT2D eigenvalue weighted by Gasteiger charge is -2.39. The number of aromatic carboxylic acids is 1. The lowest BCUT2D eigenvalue weighted by atomic mass is 9.93. The second-order valence-electron chi connectivity index (χ2n) is 8.06. The molecule has 0 radical (unpaired) electrons. The fourth-order valence-corrected chi connectivity index (χ4v) is 4.50. The number of ether oxygens (including phenoxy) is 1. The number of methoxy groups -OCH3 is 1. The Kier molecular flexibility index (Phi) is 4.98. The molecule has 1 aliphatic carbocycles. The van der Waals surface area contributed by atoms with Crippen LogP contribution >= 0.6 is 0 Å². The summed E-state index contributed by atoms with van der Waals surface area (Å²) in [5.41, 5.74) is -0.208. The van der Waals surface area contributed by atoms with Crippen LogP contribution in [0.5, 0.6) is 5.75 Å². The van der Waals surface area contributed by atoms with Crippen LogP contribution in [0.15, 0.2) is 17.1 Å². The smallest absolute Gasteiger partial charge is 0.341 e. The topological polar surface area (TPSA) is 83.8 Å². The highest BCUT2D eigenvalue weighted by atomic mass is 19.1. The number of halogens is 1. The van der Waals surface area contributed by atoms with Crippen LogP contribution < -0.4 is 20.4 Å². The molecule has 156 valence electrons. The summed E-state index contributed by atoms with van der Waals surface area (Å²) in [5, 5.41) is 12.8. The molecule has 4 rings (SSSR count). The van der Waals surface area contributed by atoms with Gasteiger partial charge in [-0.3, -0.25) is 4.79 Å². The zero-order valence-electron chi connectivity index (χ0n) is 16.9. The third-order valence-corrected chi connectivity index (χ3v) is 6.17. The normalized spacial score (nSPS) is 22.1. The van der Waals surface area contributed by atoms with Crippen LogP contribution in [0, 0.1) is 11.7 Å². The molecule has 2 N–H and O–H groups in total. The van der Waals surface area contributed by atoms with Gasteiger partial charge in [-0.25, -0.2) is 9.18 Å². The van der Waals surface area contributed by atoms with Gasteiger partial charge in [-0.15, -0.1) is 0 Å². The first-order valence-corrected chi connectivity index (χ1v) is 9.98. The molecular formula is C21H26FN3O4. The quantitative estimate of drug-likeness (QED) is 0.799. The van der Waals surface area contributed by atoms with Crippen molar-refractivity contribution in [3.8, 4) is 5.75 Å². The number of nitrogens with one attached hydrogen (secondary N) is 1. The number of nitrogens with zero attached hydrogens (tertiary/aromatic N) is 2. The summed E-state index contributed by atoms with van der Waals surface area (Å²) in [7, 11) is 3.40. The number of hydrogen-bond acceptors (Lipinski definition) is 5. The molecule has 1 saturated carbocycles. The van der Waals surface area contributed by atoms with Crippen LogP contribution in [0.25, 0.3) is 10.9 Å². The fraction of sp³-hybridized carbons (Fsp3) is 0.524. The van der Waals surface area contributed by atoms with E-state index in [-0.39, 0.29) is 17.0 Å². The SMILES string of the molecule is CNC1CCN(c2c(F)cc3c(=O)c(C(=O)O)cn(C4CC4)c3c2OC)CC1C. The summed E-state index contributed by atoms with van der Waals surface area (Å²) in [6.45, 7) is 3.44. The monoisotopic (exact) mass is 403 g/mol. The number of benzene rings is 1. The minimum atomic E-state index is -1.31. The summed E-state index contributed by atoms with van der Waals surface area (Å²) in [5.74, 6) is -1.26. The molecule has 0 spiro atoms. The number of pyridine rings is 1. The lowest BCUT2D eigenvalue weighted by molar-refractivity contribution is 0.0695. The van der Waals surface area contributed by atoms with Crippen LogP contribution in [0.2, 0.25) is 0 Å². The standard InChI is InChI=1S/C21H26FN3O4/c1-11-9-24(7-6-16(11)23-2)18-15(22)8-13-17(20(18)29-3)25(12-4-5-12)10-14(19(13)26)21(27)28/h8,10-12,16,23H,4-7,9H2,1-3H3,(H,27,28). The zero-order chi connectivity index (χ0) is 20.9. The number of rotatable bonds is 5. The molecule has 0 bridgehead atoms. The van der Waals surface area contributed by atoms with Crippen molar-refractivity contribution in [2.24, 2.45) is 5.92 Å². The van der Waals surface area contributed by atoms with Gasteiger partial charge in [0.15, 0.2) is 11.6 Å². The maximum Gasteiger partial charge on any atom is 0.341 e. The number of fused-ring (bicyclic) bond motifs is 1. The molecule has 2 fully saturated rings. The highest BCUT2D eigenvalue weighted by molar-refractivity contribution is 5.97. The molecule has 29 heavy (non-hydrogen) atoms. The predicted molar refractivity (Wildman–Crippen MR) is 109 cm³/mol. The Bertz CT molecular complexity index is 1030. The van der Waals surface area contributed by atoms with Crippen molar-refractivity contribution in [1.29, 1.82) is 0 Å². The van der Waals surface area contributed by atoms with E-state index in [4.69, 9.17) is 4.74 Å². The van der Waals surface area contributed by atoms with Crippen molar-refractivity contribution in [3.05, 3.63) is 33.9 Å². The Morgan fingerprint density at radius 1 is 1.34 bits per heavy atom. The first-order valence-electron chi connectivity index (χ1n) is 9.98. The van der Waals surface area contributed by atoms with E-state index in [1.807, 2.05) is 11.9 Å². The number of carboxylic acid groups (broad SMARTS) is 1. The van der Waals surface area contributed by atoms with Crippen LogP contribution in [-0.4, -0.2) is 48.9 Å². The van der Waals surface area contributed by atoms with Gasteiger partial charge in [0.2, 0.25) is 5.43 Å². The number of anilines is 1. The van der Waals surface area contributed by atoms with Crippen molar-refractivity contribution in [1.82, 2.24) is 9.88 Å². The number of aromatic nitrogens is 1. The van der Waals surface area contributed by atoms with Gasteiger partial charge in [0.1, 0.15) is 11.3 Å². The maximum absolute atomic E-state index is 15.3. The molecule has 1 saturated heterocycles. The molecule has 2 atom stereocenters. The van der Waals surface area contributed by atoms with Gasteiger partial charge in [0.05, 0.1) is 18.0 Å². The first kappa shape index (κ1) is 19.7.